The van der Waals surface area contributed by atoms with Crippen molar-refractivity contribution in [2.24, 2.45) is 5.10 Å². The summed E-state index contributed by atoms with van der Waals surface area (Å²) in [6.45, 7) is 2.19. The maximum atomic E-state index is 10.9. The van der Waals surface area contributed by atoms with Gasteiger partial charge >= 0.3 is 0 Å². The summed E-state index contributed by atoms with van der Waals surface area (Å²) >= 11 is 0. The normalized spacial score (nSPS) is 10.6. The van der Waals surface area contributed by atoms with Gasteiger partial charge < -0.3 is 14.9 Å². The first-order valence-electron chi connectivity index (χ1n) is 7.27. The van der Waals surface area contributed by atoms with Crippen molar-refractivity contribution in [3.05, 3.63) is 63.2 Å². The first-order valence-corrected chi connectivity index (χ1v) is 7.27. The summed E-state index contributed by atoms with van der Waals surface area (Å²) in [7, 11) is 3.17. The zero-order valence-electron chi connectivity index (χ0n) is 13.8. The molecule has 0 aliphatic rings. The number of hydrogen-bond acceptors (Lipinski definition) is 6. The van der Waals surface area contributed by atoms with Crippen LogP contribution < -0.4 is 14.9 Å². The zero-order chi connectivity index (χ0) is 17.5. The Hall–Kier alpha value is -3.09. The second-order valence-corrected chi connectivity index (χ2v) is 5.09. The molecule has 0 unspecified atom stereocenters. The SMILES string of the molecule is COc1ccc(CN/N=C/c2ccc(C)c([N+](=O)[O-])c2)cc1OC. The zero-order valence-corrected chi connectivity index (χ0v) is 13.8. The second kappa shape index (κ2) is 7.96. The van der Waals surface area contributed by atoms with Gasteiger partial charge in [0, 0.05) is 17.2 Å². The first-order chi connectivity index (χ1) is 11.5. The third kappa shape index (κ3) is 4.22. The number of nitrogens with one attached hydrogen (secondary N) is 1. The van der Waals surface area contributed by atoms with Crippen LogP contribution in [0.3, 0.4) is 0 Å². The number of hydrogen-bond donors (Lipinski definition) is 1. The average molecular weight is 329 g/mol. The fraction of sp³-hybridized carbons (Fsp3) is 0.235. The summed E-state index contributed by atoms with van der Waals surface area (Å²) < 4.78 is 10.4. The lowest BCUT2D eigenvalue weighted by Crippen LogP contribution is -2.06. The molecule has 0 aliphatic carbocycles. The molecule has 7 nitrogen and oxygen atoms in total. The van der Waals surface area contributed by atoms with Crippen LogP contribution >= 0.6 is 0 Å². The Bertz CT molecular complexity index is 759. The predicted octanol–water partition coefficient (Wildman–Crippen LogP) is 3.04. The lowest BCUT2D eigenvalue weighted by atomic mass is 10.1. The highest BCUT2D eigenvalue weighted by Crippen LogP contribution is 2.27. The molecule has 2 aromatic rings. The number of nitrogens with zero attached hydrogens (tertiary/aromatic N) is 2. The molecule has 7 heteroatoms. The van der Waals surface area contributed by atoms with E-state index in [4.69, 9.17) is 9.47 Å². The van der Waals surface area contributed by atoms with Crippen molar-refractivity contribution in [2.45, 2.75) is 13.5 Å². The van der Waals surface area contributed by atoms with Gasteiger partial charge in [-0.3, -0.25) is 10.1 Å². The molecule has 2 aromatic carbocycles. The van der Waals surface area contributed by atoms with Gasteiger partial charge in [-0.1, -0.05) is 18.2 Å². The highest BCUT2D eigenvalue weighted by molar-refractivity contribution is 5.80. The number of nitro benzene ring substituents is 1. The molecule has 0 bridgehead atoms. The maximum absolute atomic E-state index is 10.9. The van der Waals surface area contributed by atoms with E-state index in [2.05, 4.69) is 10.5 Å². The molecule has 0 saturated heterocycles. The minimum Gasteiger partial charge on any atom is -0.493 e. The van der Waals surface area contributed by atoms with E-state index in [9.17, 15) is 10.1 Å². The summed E-state index contributed by atoms with van der Waals surface area (Å²) in [5, 5.41) is 15.0. The van der Waals surface area contributed by atoms with E-state index in [0.29, 0.717) is 29.2 Å². The fourth-order valence-electron chi connectivity index (χ4n) is 2.15. The molecule has 0 aliphatic heterocycles. The van der Waals surface area contributed by atoms with Crippen molar-refractivity contribution < 1.29 is 14.4 Å². The molecule has 0 spiro atoms. The summed E-state index contributed by atoms with van der Waals surface area (Å²) in [5.41, 5.74) is 5.24. The minimum atomic E-state index is -0.399. The minimum absolute atomic E-state index is 0.0823. The highest BCUT2D eigenvalue weighted by atomic mass is 16.6. The Morgan fingerprint density at radius 1 is 1.17 bits per heavy atom. The Kier molecular flexibility index (Phi) is 5.73. The van der Waals surface area contributed by atoms with E-state index in [1.165, 1.54) is 6.07 Å². The number of aryl methyl sites for hydroxylation is 1. The van der Waals surface area contributed by atoms with Crippen LogP contribution in [0.15, 0.2) is 41.5 Å². The summed E-state index contributed by atoms with van der Waals surface area (Å²) in [5.74, 6) is 1.31. The average Bonchev–Trinajstić information content (AvgIpc) is 2.59. The summed E-state index contributed by atoms with van der Waals surface area (Å²) in [6.07, 6.45) is 1.55. The van der Waals surface area contributed by atoms with Crippen LogP contribution in [0, 0.1) is 17.0 Å². The number of benzene rings is 2. The smallest absolute Gasteiger partial charge is 0.272 e. The van der Waals surface area contributed by atoms with Crippen molar-refractivity contribution in [3.63, 3.8) is 0 Å². The van der Waals surface area contributed by atoms with E-state index < -0.39 is 4.92 Å². The topological polar surface area (TPSA) is 86.0 Å². The maximum Gasteiger partial charge on any atom is 0.272 e. The third-order valence-electron chi connectivity index (χ3n) is 3.47. The van der Waals surface area contributed by atoms with Crippen LogP contribution in [-0.4, -0.2) is 25.4 Å². The molecule has 0 heterocycles. The van der Waals surface area contributed by atoms with Crippen molar-refractivity contribution >= 4 is 11.9 Å². The van der Waals surface area contributed by atoms with Crippen molar-refractivity contribution in [1.29, 1.82) is 0 Å². The van der Waals surface area contributed by atoms with Crippen molar-refractivity contribution in [2.75, 3.05) is 14.2 Å². The number of methoxy groups -OCH3 is 2. The quantitative estimate of drug-likeness (QED) is 0.479. The molecule has 0 radical (unpaired) electrons. The molecular weight excluding hydrogens is 310 g/mol. The Morgan fingerprint density at radius 2 is 1.92 bits per heavy atom. The van der Waals surface area contributed by atoms with E-state index in [-0.39, 0.29) is 5.69 Å². The van der Waals surface area contributed by atoms with Gasteiger partial charge in [0.25, 0.3) is 5.69 Å². The van der Waals surface area contributed by atoms with Crippen LogP contribution in [0.1, 0.15) is 16.7 Å². The second-order valence-electron chi connectivity index (χ2n) is 5.09. The van der Waals surface area contributed by atoms with Crippen molar-refractivity contribution in [3.8, 4) is 11.5 Å². The van der Waals surface area contributed by atoms with Crippen LogP contribution in [0.5, 0.6) is 11.5 Å². The van der Waals surface area contributed by atoms with E-state index >= 15 is 0 Å². The standard InChI is InChI=1S/C17H19N3O4/c1-12-4-5-13(8-15(12)20(21)22)10-18-19-11-14-6-7-16(23-2)17(9-14)24-3/h4-10,19H,11H2,1-3H3/b18-10+. The first kappa shape index (κ1) is 17.3. The molecule has 0 aromatic heterocycles. The molecule has 0 saturated carbocycles. The van der Waals surface area contributed by atoms with Crippen LogP contribution in [0.25, 0.3) is 0 Å². The number of rotatable bonds is 7. The van der Waals surface area contributed by atoms with Gasteiger partial charge in [-0.05, 0) is 24.6 Å². The Labute approximate surface area is 140 Å². The van der Waals surface area contributed by atoms with Crippen LogP contribution in [0.4, 0.5) is 5.69 Å². The molecule has 1 N–H and O–H groups in total. The lowest BCUT2D eigenvalue weighted by molar-refractivity contribution is -0.385. The Balaban J connectivity index is 2.00. The van der Waals surface area contributed by atoms with E-state index in [0.717, 1.165) is 5.56 Å². The summed E-state index contributed by atoms with van der Waals surface area (Å²) in [4.78, 5) is 10.5. The number of ether oxygens (including phenoxy) is 2. The third-order valence-corrected chi connectivity index (χ3v) is 3.47. The fourth-order valence-corrected chi connectivity index (χ4v) is 2.15. The van der Waals surface area contributed by atoms with Gasteiger partial charge in [-0.25, -0.2) is 0 Å². The van der Waals surface area contributed by atoms with Gasteiger partial charge in [0.2, 0.25) is 0 Å². The van der Waals surface area contributed by atoms with Gasteiger partial charge in [-0.2, -0.15) is 5.10 Å². The molecule has 0 atom stereocenters. The van der Waals surface area contributed by atoms with Crippen molar-refractivity contribution in [1.82, 2.24) is 5.43 Å². The molecule has 126 valence electrons. The number of nitro groups is 1. The largest absolute Gasteiger partial charge is 0.493 e. The van der Waals surface area contributed by atoms with Gasteiger partial charge in [0.15, 0.2) is 11.5 Å². The highest BCUT2D eigenvalue weighted by Gasteiger charge is 2.09. The molecule has 0 fully saturated rings. The molecule has 2 rings (SSSR count). The lowest BCUT2D eigenvalue weighted by Gasteiger charge is -2.09. The van der Waals surface area contributed by atoms with Crippen LogP contribution in [-0.2, 0) is 6.54 Å². The predicted molar refractivity (Wildman–Crippen MR) is 91.8 cm³/mol. The number of hydrazone groups is 1. The van der Waals surface area contributed by atoms with E-state index in [1.807, 2.05) is 18.2 Å². The summed E-state index contributed by atoms with van der Waals surface area (Å²) in [6, 6.07) is 10.6. The molecule has 0 amide bonds. The monoisotopic (exact) mass is 329 g/mol. The van der Waals surface area contributed by atoms with Gasteiger partial charge in [0.05, 0.1) is 31.9 Å². The molecular formula is C17H19N3O4. The van der Waals surface area contributed by atoms with Crippen LogP contribution in [0.2, 0.25) is 0 Å². The van der Waals surface area contributed by atoms with E-state index in [1.54, 1.807) is 39.5 Å². The molecule has 24 heavy (non-hydrogen) atoms. The Morgan fingerprint density at radius 3 is 2.58 bits per heavy atom. The van der Waals surface area contributed by atoms with Gasteiger partial charge in [-0.15, -0.1) is 0 Å². The van der Waals surface area contributed by atoms with Gasteiger partial charge in [0.1, 0.15) is 0 Å².